The molecule has 0 aliphatic carbocycles. The quantitative estimate of drug-likeness (QED) is 0.898. The smallest absolute Gasteiger partial charge is 0.162 e. The Balaban J connectivity index is 2.18. The molecule has 94 valence electrons. The Bertz CT molecular complexity index is 540. The Morgan fingerprint density at radius 3 is 2.39 bits per heavy atom. The van der Waals surface area contributed by atoms with Crippen LogP contribution >= 0.6 is 11.6 Å². The second-order valence-corrected chi connectivity index (χ2v) is 4.51. The Kier molecular flexibility index (Phi) is 3.94. The van der Waals surface area contributed by atoms with Crippen molar-refractivity contribution >= 4 is 11.6 Å². The van der Waals surface area contributed by atoms with Gasteiger partial charge in [0.1, 0.15) is 0 Å². The molecule has 0 saturated heterocycles. The number of hydrogen-bond acceptors (Lipinski definition) is 1. The lowest BCUT2D eigenvalue weighted by atomic mass is 9.99. The maximum Gasteiger partial charge on any atom is 0.162 e. The minimum atomic E-state index is -0.851. The summed E-state index contributed by atoms with van der Waals surface area (Å²) in [5.74, 6) is -1.68. The molecule has 4 heteroatoms. The predicted octanol–water partition coefficient (Wildman–Crippen LogP) is 3.86. The van der Waals surface area contributed by atoms with Gasteiger partial charge in [-0.25, -0.2) is 8.78 Å². The monoisotopic (exact) mass is 267 g/mol. The van der Waals surface area contributed by atoms with E-state index in [-0.39, 0.29) is 12.0 Å². The van der Waals surface area contributed by atoms with E-state index in [0.717, 1.165) is 11.6 Å². The van der Waals surface area contributed by atoms with Crippen LogP contribution < -0.4 is 5.73 Å². The third-order valence-electron chi connectivity index (χ3n) is 2.77. The van der Waals surface area contributed by atoms with Gasteiger partial charge in [-0.3, -0.25) is 0 Å². The Morgan fingerprint density at radius 1 is 1.06 bits per heavy atom. The Morgan fingerprint density at radius 2 is 1.72 bits per heavy atom. The fourth-order valence-corrected chi connectivity index (χ4v) is 1.90. The fraction of sp³-hybridized carbons (Fsp3) is 0.143. The van der Waals surface area contributed by atoms with Crippen LogP contribution in [0.1, 0.15) is 17.2 Å². The molecule has 18 heavy (non-hydrogen) atoms. The summed E-state index contributed by atoms with van der Waals surface area (Å²) in [7, 11) is 0. The molecule has 0 bridgehead atoms. The van der Waals surface area contributed by atoms with Crippen molar-refractivity contribution < 1.29 is 8.78 Å². The molecule has 2 aromatic carbocycles. The van der Waals surface area contributed by atoms with E-state index in [1.54, 1.807) is 24.3 Å². The minimum absolute atomic E-state index is 0.241. The van der Waals surface area contributed by atoms with Crippen LogP contribution in [0, 0.1) is 11.6 Å². The van der Waals surface area contributed by atoms with E-state index in [9.17, 15) is 8.78 Å². The summed E-state index contributed by atoms with van der Waals surface area (Å²) in [5.41, 5.74) is 7.08. The number of halogens is 3. The van der Waals surface area contributed by atoms with E-state index in [1.807, 2.05) is 0 Å². The number of benzene rings is 2. The lowest BCUT2D eigenvalue weighted by Crippen LogP contribution is -2.14. The first-order valence-electron chi connectivity index (χ1n) is 5.52. The standard InChI is InChI=1S/C14H12ClF2N/c15-11-6-4-9(5-7-11)13(18)8-10-2-1-3-12(16)14(10)17/h1-7,13H,8,18H2. The van der Waals surface area contributed by atoms with Crippen LogP contribution in [0.3, 0.4) is 0 Å². The molecule has 2 N–H and O–H groups in total. The van der Waals surface area contributed by atoms with Gasteiger partial charge in [0, 0.05) is 11.1 Å². The molecule has 0 aliphatic rings. The highest BCUT2D eigenvalue weighted by Crippen LogP contribution is 2.21. The molecule has 1 atom stereocenters. The van der Waals surface area contributed by atoms with E-state index in [2.05, 4.69) is 0 Å². The van der Waals surface area contributed by atoms with Crippen LogP contribution in [0.5, 0.6) is 0 Å². The van der Waals surface area contributed by atoms with E-state index in [1.165, 1.54) is 12.1 Å². The third-order valence-corrected chi connectivity index (χ3v) is 3.02. The van der Waals surface area contributed by atoms with Gasteiger partial charge in [0.05, 0.1) is 0 Å². The van der Waals surface area contributed by atoms with Crippen LogP contribution in [0.4, 0.5) is 8.78 Å². The maximum absolute atomic E-state index is 13.5. The average Bonchev–Trinajstić information content (AvgIpc) is 2.36. The molecule has 0 aromatic heterocycles. The van der Waals surface area contributed by atoms with Gasteiger partial charge in [0.25, 0.3) is 0 Å². The molecule has 2 rings (SSSR count). The highest BCUT2D eigenvalue weighted by atomic mass is 35.5. The van der Waals surface area contributed by atoms with Crippen molar-refractivity contribution in [2.24, 2.45) is 5.73 Å². The molecule has 0 saturated carbocycles. The zero-order valence-electron chi connectivity index (χ0n) is 9.54. The van der Waals surface area contributed by atoms with Crippen LogP contribution in [0.2, 0.25) is 5.02 Å². The van der Waals surface area contributed by atoms with Gasteiger partial charge in [-0.05, 0) is 35.7 Å². The van der Waals surface area contributed by atoms with Gasteiger partial charge >= 0.3 is 0 Å². The first-order chi connectivity index (χ1) is 8.58. The summed E-state index contributed by atoms with van der Waals surface area (Å²) in [5, 5.41) is 0.614. The van der Waals surface area contributed by atoms with Crippen molar-refractivity contribution in [3.63, 3.8) is 0 Å². The van der Waals surface area contributed by atoms with E-state index >= 15 is 0 Å². The average molecular weight is 268 g/mol. The van der Waals surface area contributed by atoms with Crippen molar-refractivity contribution in [1.29, 1.82) is 0 Å². The van der Waals surface area contributed by atoms with Gasteiger partial charge in [0.2, 0.25) is 0 Å². The molecule has 0 fully saturated rings. The van der Waals surface area contributed by atoms with Gasteiger partial charge in [0.15, 0.2) is 11.6 Å². The molecule has 1 nitrogen and oxygen atoms in total. The lowest BCUT2D eigenvalue weighted by molar-refractivity contribution is 0.494. The first kappa shape index (κ1) is 13.0. The molecule has 2 aromatic rings. The molecule has 1 unspecified atom stereocenters. The van der Waals surface area contributed by atoms with Crippen LogP contribution in [0.25, 0.3) is 0 Å². The Hall–Kier alpha value is -1.45. The molecule has 0 aliphatic heterocycles. The zero-order chi connectivity index (χ0) is 13.1. The number of nitrogens with two attached hydrogens (primary N) is 1. The zero-order valence-corrected chi connectivity index (χ0v) is 10.3. The van der Waals surface area contributed by atoms with Gasteiger partial charge < -0.3 is 5.73 Å². The number of hydrogen-bond donors (Lipinski definition) is 1. The molecule has 0 radical (unpaired) electrons. The Labute approximate surface area is 109 Å². The van der Waals surface area contributed by atoms with Crippen molar-refractivity contribution in [2.75, 3.05) is 0 Å². The summed E-state index contributed by atoms with van der Waals surface area (Å²) in [6.07, 6.45) is 0.241. The molecule has 0 amide bonds. The SMILES string of the molecule is NC(Cc1cccc(F)c1F)c1ccc(Cl)cc1. The summed E-state index contributed by atoms with van der Waals surface area (Å²) < 4.78 is 26.5. The van der Waals surface area contributed by atoms with Gasteiger partial charge in [-0.2, -0.15) is 0 Å². The number of rotatable bonds is 3. The largest absolute Gasteiger partial charge is 0.324 e. The van der Waals surface area contributed by atoms with E-state index < -0.39 is 17.7 Å². The lowest BCUT2D eigenvalue weighted by Gasteiger charge is -2.13. The van der Waals surface area contributed by atoms with Crippen LogP contribution in [-0.2, 0) is 6.42 Å². The van der Waals surface area contributed by atoms with E-state index in [0.29, 0.717) is 5.02 Å². The first-order valence-corrected chi connectivity index (χ1v) is 5.89. The predicted molar refractivity (Wildman–Crippen MR) is 68.4 cm³/mol. The summed E-state index contributed by atoms with van der Waals surface area (Å²) in [6, 6.07) is 10.7. The minimum Gasteiger partial charge on any atom is -0.324 e. The molecule has 0 heterocycles. The summed E-state index contributed by atoms with van der Waals surface area (Å²) in [6.45, 7) is 0. The molecular weight excluding hydrogens is 256 g/mol. The van der Waals surface area contributed by atoms with Crippen molar-refractivity contribution in [3.05, 3.63) is 70.2 Å². The highest BCUT2D eigenvalue weighted by Gasteiger charge is 2.12. The maximum atomic E-state index is 13.5. The third kappa shape index (κ3) is 2.86. The van der Waals surface area contributed by atoms with Crippen molar-refractivity contribution in [2.45, 2.75) is 12.5 Å². The molecular formula is C14H12ClF2N. The van der Waals surface area contributed by atoms with Crippen molar-refractivity contribution in [3.8, 4) is 0 Å². The molecule has 0 spiro atoms. The topological polar surface area (TPSA) is 26.0 Å². The highest BCUT2D eigenvalue weighted by molar-refractivity contribution is 6.30. The van der Waals surface area contributed by atoms with Crippen molar-refractivity contribution in [1.82, 2.24) is 0 Å². The summed E-state index contributed by atoms with van der Waals surface area (Å²) in [4.78, 5) is 0. The summed E-state index contributed by atoms with van der Waals surface area (Å²) >= 11 is 5.77. The fourth-order valence-electron chi connectivity index (χ4n) is 1.77. The van der Waals surface area contributed by atoms with Crippen LogP contribution in [-0.4, -0.2) is 0 Å². The second kappa shape index (κ2) is 5.46. The van der Waals surface area contributed by atoms with Crippen LogP contribution in [0.15, 0.2) is 42.5 Å². The van der Waals surface area contributed by atoms with Gasteiger partial charge in [-0.1, -0.05) is 35.9 Å². The van der Waals surface area contributed by atoms with E-state index in [4.69, 9.17) is 17.3 Å². The normalized spacial score (nSPS) is 12.4. The van der Waals surface area contributed by atoms with Gasteiger partial charge in [-0.15, -0.1) is 0 Å². The second-order valence-electron chi connectivity index (χ2n) is 4.08.